The van der Waals surface area contributed by atoms with Crippen molar-refractivity contribution in [2.45, 2.75) is 13.8 Å². The van der Waals surface area contributed by atoms with Crippen LogP contribution < -0.4 is 10.6 Å². The molecule has 0 amide bonds. The summed E-state index contributed by atoms with van der Waals surface area (Å²) in [4.78, 5) is 4.08. The molecule has 0 aromatic carbocycles. The maximum Gasteiger partial charge on any atom is 0.0526 e. The Morgan fingerprint density at radius 3 is 2.67 bits per heavy atom. The smallest absolute Gasteiger partial charge is 0.0526 e. The first-order valence-corrected chi connectivity index (χ1v) is 5.52. The predicted molar refractivity (Wildman–Crippen MR) is 65.0 cm³/mol. The number of hydrogen-bond acceptors (Lipinski definition) is 3. The number of rotatable bonds is 6. The molecule has 2 N–H and O–H groups in total. The lowest BCUT2D eigenvalue weighted by Gasteiger charge is -2.21. The minimum absolute atomic E-state index is 0.648. The fourth-order valence-electron chi connectivity index (χ4n) is 1.52. The summed E-state index contributed by atoms with van der Waals surface area (Å²) >= 11 is 0. The number of hydrogen-bond donors (Lipinski definition) is 2. The minimum atomic E-state index is 0.648. The van der Waals surface area contributed by atoms with Gasteiger partial charge in [0.15, 0.2) is 0 Å². The van der Waals surface area contributed by atoms with Crippen LogP contribution in [0.1, 0.15) is 13.8 Å². The average molecular weight is 207 g/mol. The van der Waals surface area contributed by atoms with E-state index in [1.165, 1.54) is 0 Å². The van der Waals surface area contributed by atoms with Crippen LogP contribution in [-0.4, -0.2) is 25.1 Å². The van der Waals surface area contributed by atoms with Crippen LogP contribution in [0, 0.1) is 11.8 Å². The second-order valence-corrected chi connectivity index (χ2v) is 4.18. The maximum atomic E-state index is 4.08. The first-order valence-electron chi connectivity index (χ1n) is 5.52. The molecule has 0 aliphatic carbocycles. The van der Waals surface area contributed by atoms with Gasteiger partial charge in [0, 0.05) is 18.9 Å². The fraction of sp³-hybridized carbons (Fsp3) is 0.583. The van der Waals surface area contributed by atoms with Crippen molar-refractivity contribution in [1.82, 2.24) is 10.3 Å². The molecule has 0 spiro atoms. The van der Waals surface area contributed by atoms with Crippen LogP contribution in [0.4, 0.5) is 5.69 Å². The van der Waals surface area contributed by atoms with Gasteiger partial charge in [-0.05, 0) is 37.6 Å². The van der Waals surface area contributed by atoms with E-state index in [1.54, 1.807) is 6.20 Å². The third-order valence-corrected chi connectivity index (χ3v) is 2.64. The lowest BCUT2D eigenvalue weighted by Crippen LogP contribution is -2.29. The molecular formula is C12H21N3. The number of nitrogens with zero attached hydrogens (tertiary/aromatic N) is 1. The Kier molecular flexibility index (Phi) is 5.12. The number of pyridine rings is 1. The summed E-state index contributed by atoms with van der Waals surface area (Å²) in [5.74, 6) is 1.33. The molecule has 1 heterocycles. The Labute approximate surface area is 92.3 Å². The SMILES string of the molecule is CNCC(CNc1cccnc1)C(C)C. The average Bonchev–Trinajstić information content (AvgIpc) is 2.25. The molecule has 84 valence electrons. The first kappa shape index (κ1) is 12.0. The maximum absolute atomic E-state index is 4.08. The van der Waals surface area contributed by atoms with Gasteiger partial charge < -0.3 is 10.6 Å². The van der Waals surface area contributed by atoms with E-state index in [0.717, 1.165) is 18.8 Å². The summed E-state index contributed by atoms with van der Waals surface area (Å²) in [6.07, 6.45) is 3.65. The molecule has 3 nitrogen and oxygen atoms in total. The largest absolute Gasteiger partial charge is 0.383 e. The Morgan fingerprint density at radius 1 is 1.33 bits per heavy atom. The molecule has 1 atom stereocenters. The summed E-state index contributed by atoms with van der Waals surface area (Å²) in [7, 11) is 2.00. The zero-order chi connectivity index (χ0) is 11.1. The first-order chi connectivity index (χ1) is 7.24. The van der Waals surface area contributed by atoms with Gasteiger partial charge in [0.05, 0.1) is 5.69 Å². The van der Waals surface area contributed by atoms with Crippen molar-refractivity contribution in [1.29, 1.82) is 0 Å². The van der Waals surface area contributed by atoms with Crippen LogP contribution in [0.15, 0.2) is 24.5 Å². The van der Waals surface area contributed by atoms with E-state index < -0.39 is 0 Å². The molecule has 1 rings (SSSR count). The van der Waals surface area contributed by atoms with Crippen LogP contribution in [-0.2, 0) is 0 Å². The van der Waals surface area contributed by atoms with Gasteiger partial charge in [0.2, 0.25) is 0 Å². The molecule has 0 fully saturated rings. The Bertz CT molecular complexity index is 259. The van der Waals surface area contributed by atoms with E-state index >= 15 is 0 Å². The highest BCUT2D eigenvalue weighted by atomic mass is 14.9. The Balaban J connectivity index is 2.40. The molecule has 0 radical (unpaired) electrons. The van der Waals surface area contributed by atoms with Gasteiger partial charge in [-0.2, -0.15) is 0 Å². The molecule has 15 heavy (non-hydrogen) atoms. The number of anilines is 1. The molecule has 0 saturated carbocycles. The third kappa shape index (κ3) is 4.30. The monoisotopic (exact) mass is 207 g/mol. The van der Waals surface area contributed by atoms with Crippen molar-refractivity contribution in [3.05, 3.63) is 24.5 Å². The lowest BCUT2D eigenvalue weighted by molar-refractivity contribution is 0.390. The Morgan fingerprint density at radius 2 is 2.13 bits per heavy atom. The van der Waals surface area contributed by atoms with Crippen molar-refractivity contribution in [3.8, 4) is 0 Å². The number of aromatic nitrogens is 1. The zero-order valence-electron chi connectivity index (χ0n) is 9.83. The highest BCUT2D eigenvalue weighted by Gasteiger charge is 2.11. The summed E-state index contributed by atoms with van der Waals surface area (Å²) in [6, 6.07) is 3.99. The fourth-order valence-corrected chi connectivity index (χ4v) is 1.52. The third-order valence-electron chi connectivity index (χ3n) is 2.64. The quantitative estimate of drug-likeness (QED) is 0.749. The second kappa shape index (κ2) is 6.40. The van der Waals surface area contributed by atoms with Crippen LogP contribution in [0.2, 0.25) is 0 Å². The van der Waals surface area contributed by atoms with E-state index in [-0.39, 0.29) is 0 Å². The lowest BCUT2D eigenvalue weighted by atomic mass is 9.96. The highest BCUT2D eigenvalue weighted by Crippen LogP contribution is 2.11. The second-order valence-electron chi connectivity index (χ2n) is 4.18. The van der Waals surface area contributed by atoms with Gasteiger partial charge >= 0.3 is 0 Å². The molecule has 0 aliphatic heterocycles. The Hall–Kier alpha value is -1.09. The topological polar surface area (TPSA) is 37.0 Å². The van der Waals surface area contributed by atoms with E-state index in [0.29, 0.717) is 11.8 Å². The van der Waals surface area contributed by atoms with Crippen molar-refractivity contribution in [2.24, 2.45) is 11.8 Å². The van der Waals surface area contributed by atoms with Crippen LogP contribution >= 0.6 is 0 Å². The van der Waals surface area contributed by atoms with E-state index in [2.05, 4.69) is 29.5 Å². The molecule has 1 unspecified atom stereocenters. The van der Waals surface area contributed by atoms with Gasteiger partial charge in [-0.3, -0.25) is 4.98 Å². The van der Waals surface area contributed by atoms with Crippen LogP contribution in [0.25, 0.3) is 0 Å². The summed E-state index contributed by atoms with van der Waals surface area (Å²) in [6.45, 7) is 6.55. The summed E-state index contributed by atoms with van der Waals surface area (Å²) in [5.41, 5.74) is 1.10. The molecule has 1 aromatic rings. The van der Waals surface area contributed by atoms with Gasteiger partial charge in [-0.25, -0.2) is 0 Å². The van der Waals surface area contributed by atoms with E-state index in [1.807, 2.05) is 25.4 Å². The van der Waals surface area contributed by atoms with Crippen molar-refractivity contribution >= 4 is 5.69 Å². The van der Waals surface area contributed by atoms with Crippen LogP contribution in [0.3, 0.4) is 0 Å². The van der Waals surface area contributed by atoms with Crippen LogP contribution in [0.5, 0.6) is 0 Å². The van der Waals surface area contributed by atoms with Gasteiger partial charge in [0.25, 0.3) is 0 Å². The van der Waals surface area contributed by atoms with Gasteiger partial charge in [-0.15, -0.1) is 0 Å². The van der Waals surface area contributed by atoms with Crippen molar-refractivity contribution < 1.29 is 0 Å². The molecule has 1 aromatic heterocycles. The van der Waals surface area contributed by atoms with E-state index in [4.69, 9.17) is 0 Å². The molecular weight excluding hydrogens is 186 g/mol. The summed E-state index contributed by atoms with van der Waals surface area (Å²) < 4.78 is 0. The molecule has 0 saturated heterocycles. The van der Waals surface area contributed by atoms with Crippen molar-refractivity contribution in [3.63, 3.8) is 0 Å². The standard InChI is InChI=1S/C12H21N3/c1-10(2)11(7-13-3)8-15-12-5-4-6-14-9-12/h4-6,9-11,13,15H,7-8H2,1-3H3. The molecule has 0 bridgehead atoms. The predicted octanol–water partition coefficient (Wildman–Crippen LogP) is 1.99. The summed E-state index contributed by atoms with van der Waals surface area (Å²) in [5, 5.41) is 6.64. The minimum Gasteiger partial charge on any atom is -0.383 e. The highest BCUT2D eigenvalue weighted by molar-refractivity contribution is 5.39. The van der Waals surface area contributed by atoms with Gasteiger partial charge in [0.1, 0.15) is 0 Å². The zero-order valence-corrected chi connectivity index (χ0v) is 9.83. The van der Waals surface area contributed by atoms with Gasteiger partial charge in [-0.1, -0.05) is 13.8 Å². The normalized spacial score (nSPS) is 12.8. The van der Waals surface area contributed by atoms with Crippen molar-refractivity contribution in [2.75, 3.05) is 25.5 Å². The van der Waals surface area contributed by atoms with E-state index in [9.17, 15) is 0 Å². The number of nitrogens with one attached hydrogen (secondary N) is 2. The molecule has 3 heteroatoms. The molecule has 0 aliphatic rings.